The van der Waals surface area contributed by atoms with Gasteiger partial charge in [-0.15, -0.1) is 10.2 Å². The van der Waals surface area contributed by atoms with E-state index in [9.17, 15) is 14.9 Å². The van der Waals surface area contributed by atoms with Gasteiger partial charge in [-0.3, -0.25) is 10.1 Å². The average Bonchev–Trinajstić information content (AvgIpc) is 2.78. The highest BCUT2D eigenvalue weighted by Crippen LogP contribution is 2.28. The monoisotopic (exact) mass is 278 g/mol. The number of nitro groups is 1. The Kier molecular flexibility index (Phi) is 4.01. The Bertz CT molecular complexity index is 703. The summed E-state index contributed by atoms with van der Waals surface area (Å²) >= 11 is 0. The average molecular weight is 278 g/mol. The summed E-state index contributed by atoms with van der Waals surface area (Å²) < 4.78 is 9.42. The fraction of sp³-hybridized carbons (Fsp3) is 0.182. The molecule has 0 fully saturated rings. The van der Waals surface area contributed by atoms with Crippen LogP contribution in [0.2, 0.25) is 0 Å². The van der Waals surface area contributed by atoms with Crippen LogP contribution in [-0.4, -0.2) is 17.2 Å². The third kappa shape index (κ3) is 2.78. The van der Waals surface area contributed by atoms with Gasteiger partial charge in [0.25, 0.3) is 5.69 Å². The number of nitrogens with zero attached hydrogens (tertiary/aromatic N) is 3. The number of azo groups is 1. The van der Waals surface area contributed by atoms with E-state index in [4.69, 9.17) is 4.74 Å². The van der Waals surface area contributed by atoms with Crippen LogP contribution < -0.4 is 5.63 Å². The number of hydrogen-bond acceptors (Lipinski definition) is 7. The third-order valence-electron chi connectivity index (χ3n) is 2.37. The molecule has 0 bridgehead atoms. The van der Waals surface area contributed by atoms with E-state index < -0.39 is 10.5 Å². The number of benzene rings is 1. The van der Waals surface area contributed by atoms with E-state index in [1.54, 1.807) is 6.07 Å². The minimum absolute atomic E-state index is 0.0430. The predicted molar refractivity (Wildman–Crippen MR) is 67.3 cm³/mol. The van der Waals surface area contributed by atoms with Gasteiger partial charge in [0.15, 0.2) is 11.4 Å². The van der Waals surface area contributed by atoms with Gasteiger partial charge in [-0.1, -0.05) is 12.1 Å². The van der Waals surface area contributed by atoms with Crippen molar-refractivity contribution in [3.63, 3.8) is 0 Å². The van der Waals surface area contributed by atoms with Gasteiger partial charge in [0.1, 0.15) is 5.69 Å². The molecule has 2 aromatic rings. The maximum absolute atomic E-state index is 11.4. The van der Waals surface area contributed by atoms with Crippen molar-refractivity contribution >= 4 is 17.1 Å². The van der Waals surface area contributed by atoms with E-state index in [1.165, 1.54) is 25.3 Å². The molecule has 0 saturated heterocycles. The van der Waals surface area contributed by atoms with E-state index in [-0.39, 0.29) is 23.7 Å². The quantitative estimate of drug-likeness (QED) is 0.511. The molecule has 0 aliphatic heterocycles. The first-order valence-corrected chi connectivity index (χ1v) is 5.48. The lowest BCUT2D eigenvalue weighted by molar-refractivity contribution is -0.384. The van der Waals surface area contributed by atoms with Gasteiger partial charge >= 0.3 is 5.63 Å². The number of aromatic nitrogens is 1. The Morgan fingerprint density at radius 1 is 1.40 bits per heavy atom. The van der Waals surface area contributed by atoms with Crippen LogP contribution in [-0.2, 0) is 11.3 Å². The van der Waals surface area contributed by atoms with Gasteiger partial charge in [0, 0.05) is 13.2 Å². The second kappa shape index (κ2) is 5.89. The Balaban J connectivity index is 2.37. The first-order valence-electron chi connectivity index (χ1n) is 5.48. The molecule has 2 rings (SSSR count). The molecule has 9 heteroatoms. The minimum Gasteiger partial charge on any atom is -0.378 e. The van der Waals surface area contributed by atoms with E-state index in [2.05, 4.69) is 19.9 Å². The standard InChI is InChI=1S/C11H10N4O5/c1-19-6-8-10(11(16)20-14-8)13-12-7-4-2-3-5-9(7)15(17)18/h2-5,14H,6H2,1H3. The summed E-state index contributed by atoms with van der Waals surface area (Å²) in [5.74, 6) is 0. The lowest BCUT2D eigenvalue weighted by atomic mass is 10.3. The number of hydrogen-bond donors (Lipinski definition) is 1. The molecular formula is C11H10N4O5. The van der Waals surface area contributed by atoms with Crippen molar-refractivity contribution in [1.82, 2.24) is 5.16 Å². The van der Waals surface area contributed by atoms with Crippen molar-refractivity contribution in [3.8, 4) is 0 Å². The highest BCUT2D eigenvalue weighted by atomic mass is 16.6. The summed E-state index contributed by atoms with van der Waals surface area (Å²) in [6, 6.07) is 5.81. The van der Waals surface area contributed by atoms with E-state index in [0.29, 0.717) is 5.69 Å². The third-order valence-corrected chi connectivity index (χ3v) is 2.37. The topological polar surface area (TPSA) is 123 Å². The minimum atomic E-state index is -0.723. The molecule has 1 N–H and O–H groups in total. The Morgan fingerprint density at radius 3 is 2.85 bits per heavy atom. The smallest absolute Gasteiger partial charge is 0.378 e. The van der Waals surface area contributed by atoms with Crippen molar-refractivity contribution < 1.29 is 14.2 Å². The van der Waals surface area contributed by atoms with Gasteiger partial charge in [-0.2, -0.15) is 0 Å². The van der Waals surface area contributed by atoms with Gasteiger partial charge < -0.3 is 9.26 Å². The molecular weight excluding hydrogens is 268 g/mol. The number of nitro benzene ring substituents is 1. The van der Waals surface area contributed by atoms with Crippen molar-refractivity contribution in [2.45, 2.75) is 6.61 Å². The molecule has 0 unspecified atom stereocenters. The zero-order valence-corrected chi connectivity index (χ0v) is 10.4. The van der Waals surface area contributed by atoms with Crippen molar-refractivity contribution in [3.05, 3.63) is 50.5 Å². The molecule has 0 atom stereocenters. The van der Waals surface area contributed by atoms with Crippen LogP contribution in [0.4, 0.5) is 17.1 Å². The van der Waals surface area contributed by atoms with Gasteiger partial charge in [-0.25, -0.2) is 9.95 Å². The van der Waals surface area contributed by atoms with Gasteiger partial charge in [0.05, 0.1) is 11.5 Å². The molecule has 0 amide bonds. The van der Waals surface area contributed by atoms with Gasteiger partial charge in [0.2, 0.25) is 0 Å². The summed E-state index contributed by atoms with van der Waals surface area (Å²) in [6.45, 7) is 0.0803. The second-order valence-corrected chi connectivity index (χ2v) is 3.70. The summed E-state index contributed by atoms with van der Waals surface area (Å²) in [4.78, 5) is 21.7. The fourth-order valence-electron chi connectivity index (χ4n) is 1.48. The van der Waals surface area contributed by atoms with Crippen LogP contribution in [0.5, 0.6) is 0 Å². The Hall–Kier alpha value is -2.81. The zero-order chi connectivity index (χ0) is 14.5. The van der Waals surface area contributed by atoms with E-state index >= 15 is 0 Å². The largest absolute Gasteiger partial charge is 0.385 e. The molecule has 0 radical (unpaired) electrons. The normalized spacial score (nSPS) is 11.1. The molecule has 1 aromatic carbocycles. The van der Waals surface area contributed by atoms with Crippen LogP contribution in [0.25, 0.3) is 0 Å². The number of para-hydroxylation sites is 1. The molecule has 0 spiro atoms. The SMILES string of the molecule is COCc1[nH]oc(=O)c1N=Nc1ccccc1[N+](=O)[O-]. The number of nitrogens with one attached hydrogen (secondary N) is 1. The van der Waals surface area contributed by atoms with Crippen LogP contribution in [0.15, 0.2) is 43.8 Å². The second-order valence-electron chi connectivity index (χ2n) is 3.70. The summed E-state index contributed by atoms with van der Waals surface area (Å²) in [5.41, 5.74) is -0.657. The van der Waals surface area contributed by atoms with E-state index in [1.807, 2.05) is 0 Å². The number of aromatic amines is 1. The van der Waals surface area contributed by atoms with Crippen molar-refractivity contribution in [2.75, 3.05) is 7.11 Å². The lowest BCUT2D eigenvalue weighted by Crippen LogP contribution is -1.93. The molecule has 0 saturated carbocycles. The first kappa shape index (κ1) is 13.6. The highest BCUT2D eigenvalue weighted by Gasteiger charge is 2.14. The summed E-state index contributed by atoms with van der Waals surface area (Å²) in [6.07, 6.45) is 0. The summed E-state index contributed by atoms with van der Waals surface area (Å²) in [5, 5.41) is 20.6. The van der Waals surface area contributed by atoms with Crippen LogP contribution in [0, 0.1) is 10.1 Å². The maximum atomic E-state index is 11.4. The summed E-state index contributed by atoms with van der Waals surface area (Å²) in [7, 11) is 1.44. The van der Waals surface area contributed by atoms with Crippen LogP contribution >= 0.6 is 0 Å². The number of rotatable bonds is 5. The molecule has 0 aliphatic carbocycles. The molecule has 104 valence electrons. The predicted octanol–water partition coefficient (Wildman–Crippen LogP) is 2.44. The maximum Gasteiger partial charge on any atom is 0.385 e. The first-order chi connectivity index (χ1) is 9.63. The Morgan fingerprint density at radius 2 is 2.15 bits per heavy atom. The number of H-pyrrole nitrogens is 1. The lowest BCUT2D eigenvalue weighted by Gasteiger charge is -1.95. The number of ether oxygens (including phenoxy) is 1. The fourth-order valence-corrected chi connectivity index (χ4v) is 1.48. The number of methoxy groups -OCH3 is 1. The highest BCUT2D eigenvalue weighted by molar-refractivity contribution is 5.56. The molecule has 1 heterocycles. The van der Waals surface area contributed by atoms with Crippen LogP contribution in [0.3, 0.4) is 0 Å². The molecule has 20 heavy (non-hydrogen) atoms. The van der Waals surface area contributed by atoms with Crippen molar-refractivity contribution in [1.29, 1.82) is 0 Å². The Labute approximate surface area is 112 Å². The molecule has 0 aliphatic rings. The van der Waals surface area contributed by atoms with Crippen LogP contribution in [0.1, 0.15) is 5.69 Å². The molecule has 9 nitrogen and oxygen atoms in total. The van der Waals surface area contributed by atoms with Gasteiger partial charge in [-0.05, 0) is 6.07 Å². The van der Waals surface area contributed by atoms with E-state index in [0.717, 1.165) is 0 Å². The molecule has 1 aromatic heterocycles. The zero-order valence-electron chi connectivity index (χ0n) is 10.4. The van der Waals surface area contributed by atoms with Crippen molar-refractivity contribution in [2.24, 2.45) is 10.2 Å².